The highest BCUT2D eigenvalue weighted by molar-refractivity contribution is 6.00. The third-order valence-corrected chi connectivity index (χ3v) is 7.50. The highest BCUT2D eigenvalue weighted by Crippen LogP contribution is 2.27. The van der Waals surface area contributed by atoms with Crippen LogP contribution in [0.4, 0.5) is 0 Å². The Labute approximate surface area is 203 Å². The average Bonchev–Trinajstić information content (AvgIpc) is 2.97. The van der Waals surface area contributed by atoms with Crippen molar-refractivity contribution >= 4 is 17.8 Å². The third kappa shape index (κ3) is 6.40. The number of rotatable bonds is 8. The number of hydrogen-bond donors (Lipinski definition) is 2. The number of likely N-dealkylation sites (tertiary alicyclic amines) is 2. The van der Waals surface area contributed by atoms with E-state index in [0.29, 0.717) is 48.8 Å². The van der Waals surface area contributed by atoms with Crippen molar-refractivity contribution in [3.63, 3.8) is 0 Å². The van der Waals surface area contributed by atoms with Gasteiger partial charge in [0.05, 0.1) is 12.2 Å². The van der Waals surface area contributed by atoms with Crippen LogP contribution in [0, 0.1) is 25.7 Å². The van der Waals surface area contributed by atoms with Crippen molar-refractivity contribution in [2.24, 2.45) is 11.8 Å². The third-order valence-electron chi connectivity index (χ3n) is 7.50. The fourth-order valence-corrected chi connectivity index (χ4v) is 5.31. The van der Waals surface area contributed by atoms with Gasteiger partial charge >= 0.3 is 5.97 Å². The molecular formula is C26H42N4O4. The van der Waals surface area contributed by atoms with Crippen LogP contribution in [0.3, 0.4) is 0 Å². The van der Waals surface area contributed by atoms with Crippen molar-refractivity contribution in [2.75, 3.05) is 45.9 Å². The first kappa shape index (κ1) is 26.3. The van der Waals surface area contributed by atoms with Gasteiger partial charge in [0.2, 0.25) is 5.91 Å². The van der Waals surface area contributed by atoms with Gasteiger partial charge in [0, 0.05) is 37.8 Å². The fourth-order valence-electron chi connectivity index (χ4n) is 5.31. The Morgan fingerprint density at radius 2 is 1.71 bits per heavy atom. The maximum Gasteiger partial charge on any atom is 0.340 e. The molecule has 8 heteroatoms. The molecule has 3 rings (SSSR count). The number of ether oxygens (including phenoxy) is 1. The Balaban J connectivity index is 1.47. The van der Waals surface area contributed by atoms with Crippen LogP contribution in [-0.4, -0.2) is 78.4 Å². The average molecular weight is 475 g/mol. The van der Waals surface area contributed by atoms with Gasteiger partial charge in [-0.3, -0.25) is 9.59 Å². The lowest BCUT2D eigenvalue weighted by atomic mass is 9.84. The van der Waals surface area contributed by atoms with E-state index in [1.165, 1.54) is 25.7 Å². The van der Waals surface area contributed by atoms with E-state index in [4.69, 9.17) is 4.74 Å². The second kappa shape index (κ2) is 12.4. The Kier molecular flexibility index (Phi) is 9.56. The minimum Gasteiger partial charge on any atom is -0.462 e. The molecular weight excluding hydrogens is 432 g/mol. The number of aromatic amines is 1. The predicted octanol–water partition coefficient (Wildman–Crippen LogP) is 3.29. The molecule has 1 atom stereocenters. The molecule has 0 spiro atoms. The molecule has 2 aliphatic rings. The smallest absolute Gasteiger partial charge is 0.340 e. The maximum atomic E-state index is 13.2. The van der Waals surface area contributed by atoms with Gasteiger partial charge in [-0.05, 0) is 71.0 Å². The summed E-state index contributed by atoms with van der Waals surface area (Å²) in [6.07, 6.45) is 6.75. The largest absolute Gasteiger partial charge is 0.462 e. The molecule has 0 saturated carbocycles. The molecule has 1 aromatic rings. The van der Waals surface area contributed by atoms with Crippen molar-refractivity contribution < 1.29 is 19.1 Å². The molecule has 0 radical (unpaired) electrons. The molecule has 1 aromatic heterocycles. The van der Waals surface area contributed by atoms with Crippen LogP contribution in [0.25, 0.3) is 0 Å². The molecule has 2 amide bonds. The quantitative estimate of drug-likeness (QED) is 0.564. The standard InChI is InChI=1S/C26H42N4O4/c1-5-34-26(33)22-19(3)23(28-20(22)4)25(32)30-15-10-21(11-16-30)18(2)24(31)27-12-17-29-13-8-6-7-9-14-29/h18,21,28H,5-17H2,1-4H3,(H,27,31)/t18-/m1/s1. The summed E-state index contributed by atoms with van der Waals surface area (Å²) < 4.78 is 5.13. The second-order valence-corrected chi connectivity index (χ2v) is 9.81. The number of aryl methyl sites for hydroxylation is 1. The Hall–Kier alpha value is -2.35. The van der Waals surface area contributed by atoms with Crippen molar-refractivity contribution in [1.82, 2.24) is 20.1 Å². The Morgan fingerprint density at radius 1 is 1.06 bits per heavy atom. The molecule has 0 aromatic carbocycles. The van der Waals surface area contributed by atoms with Crippen LogP contribution in [-0.2, 0) is 9.53 Å². The SMILES string of the molecule is CCOC(=O)c1c(C)[nH]c(C(=O)N2CCC([C@@H](C)C(=O)NCCN3CCCCCC3)CC2)c1C. The van der Waals surface area contributed by atoms with Crippen LogP contribution in [0.1, 0.15) is 84.5 Å². The predicted molar refractivity (Wildman–Crippen MR) is 132 cm³/mol. The molecule has 0 unspecified atom stereocenters. The van der Waals surface area contributed by atoms with E-state index in [9.17, 15) is 14.4 Å². The molecule has 190 valence electrons. The summed E-state index contributed by atoms with van der Waals surface area (Å²) in [6, 6.07) is 0. The van der Waals surface area contributed by atoms with Gasteiger partial charge in [-0.25, -0.2) is 4.79 Å². The van der Waals surface area contributed by atoms with Crippen molar-refractivity contribution in [3.8, 4) is 0 Å². The van der Waals surface area contributed by atoms with E-state index in [1.54, 1.807) is 20.8 Å². The van der Waals surface area contributed by atoms with Gasteiger partial charge < -0.3 is 24.8 Å². The molecule has 0 bridgehead atoms. The maximum absolute atomic E-state index is 13.2. The summed E-state index contributed by atoms with van der Waals surface area (Å²) in [5.74, 6) is -0.170. The van der Waals surface area contributed by atoms with E-state index < -0.39 is 5.97 Å². The van der Waals surface area contributed by atoms with Crippen molar-refractivity contribution in [3.05, 3.63) is 22.5 Å². The van der Waals surface area contributed by atoms with Crippen LogP contribution < -0.4 is 5.32 Å². The van der Waals surface area contributed by atoms with Gasteiger partial charge in [-0.15, -0.1) is 0 Å². The van der Waals surface area contributed by atoms with Gasteiger partial charge in [-0.1, -0.05) is 19.8 Å². The molecule has 2 saturated heterocycles. The molecule has 2 fully saturated rings. The number of hydrogen-bond acceptors (Lipinski definition) is 5. The summed E-state index contributed by atoms with van der Waals surface area (Å²) in [5.41, 5.74) is 2.20. The fraction of sp³-hybridized carbons (Fsp3) is 0.731. The molecule has 2 N–H and O–H groups in total. The summed E-state index contributed by atoms with van der Waals surface area (Å²) in [4.78, 5) is 45.5. The first-order chi connectivity index (χ1) is 16.3. The van der Waals surface area contributed by atoms with Crippen molar-refractivity contribution in [2.45, 2.75) is 66.2 Å². The van der Waals surface area contributed by atoms with Gasteiger partial charge in [0.1, 0.15) is 5.69 Å². The second-order valence-electron chi connectivity index (χ2n) is 9.81. The summed E-state index contributed by atoms with van der Waals surface area (Å²) >= 11 is 0. The topological polar surface area (TPSA) is 94.7 Å². The number of nitrogens with zero attached hydrogens (tertiary/aromatic N) is 2. The number of esters is 1. The zero-order valence-corrected chi connectivity index (χ0v) is 21.4. The monoisotopic (exact) mass is 474 g/mol. The molecule has 3 heterocycles. The lowest BCUT2D eigenvalue weighted by Gasteiger charge is -2.34. The summed E-state index contributed by atoms with van der Waals surface area (Å²) in [5, 5.41) is 3.13. The number of piperidine rings is 1. The minimum absolute atomic E-state index is 0.0636. The molecule has 8 nitrogen and oxygen atoms in total. The molecule has 0 aliphatic carbocycles. The Bertz CT molecular complexity index is 849. The number of carbonyl (C=O) groups is 3. The number of nitrogens with one attached hydrogen (secondary N) is 2. The number of amides is 2. The van der Waals surface area contributed by atoms with E-state index in [0.717, 1.165) is 32.5 Å². The molecule has 34 heavy (non-hydrogen) atoms. The van der Waals surface area contributed by atoms with Gasteiger partial charge in [0.15, 0.2) is 0 Å². The van der Waals surface area contributed by atoms with Crippen LogP contribution in [0.2, 0.25) is 0 Å². The van der Waals surface area contributed by atoms with Crippen LogP contribution >= 0.6 is 0 Å². The van der Waals surface area contributed by atoms with Crippen molar-refractivity contribution in [1.29, 1.82) is 0 Å². The molecule has 2 aliphatic heterocycles. The van der Waals surface area contributed by atoms with Gasteiger partial charge in [-0.2, -0.15) is 0 Å². The zero-order chi connectivity index (χ0) is 24.7. The first-order valence-corrected chi connectivity index (χ1v) is 13.0. The number of aromatic nitrogens is 1. The minimum atomic E-state index is -0.401. The first-order valence-electron chi connectivity index (χ1n) is 13.0. The van der Waals surface area contributed by atoms with E-state index >= 15 is 0 Å². The lowest BCUT2D eigenvalue weighted by molar-refractivity contribution is -0.126. The summed E-state index contributed by atoms with van der Waals surface area (Å²) in [6.45, 7) is 12.8. The normalized spacial score (nSPS) is 18.9. The lowest BCUT2D eigenvalue weighted by Crippen LogP contribution is -2.44. The van der Waals surface area contributed by atoms with E-state index in [2.05, 4.69) is 15.2 Å². The van der Waals surface area contributed by atoms with Crippen LogP contribution in [0.15, 0.2) is 0 Å². The number of H-pyrrole nitrogens is 1. The van der Waals surface area contributed by atoms with Gasteiger partial charge in [0.25, 0.3) is 5.91 Å². The highest BCUT2D eigenvalue weighted by atomic mass is 16.5. The number of carbonyl (C=O) groups excluding carboxylic acids is 3. The zero-order valence-electron chi connectivity index (χ0n) is 21.4. The van der Waals surface area contributed by atoms with E-state index in [1.807, 2.05) is 11.8 Å². The Morgan fingerprint density at radius 3 is 2.32 bits per heavy atom. The highest BCUT2D eigenvalue weighted by Gasteiger charge is 2.32. The summed E-state index contributed by atoms with van der Waals surface area (Å²) in [7, 11) is 0. The van der Waals surface area contributed by atoms with E-state index in [-0.39, 0.29) is 23.7 Å². The van der Waals surface area contributed by atoms with Crippen LogP contribution in [0.5, 0.6) is 0 Å².